The summed E-state index contributed by atoms with van der Waals surface area (Å²) in [5, 5.41) is 3.39. The number of aryl methyl sites for hydroxylation is 1. The Morgan fingerprint density at radius 1 is 1.35 bits per heavy atom. The van der Waals surface area contributed by atoms with E-state index in [1.807, 2.05) is 13.0 Å². The highest BCUT2D eigenvalue weighted by Gasteiger charge is 2.22. The molecule has 0 saturated carbocycles. The van der Waals surface area contributed by atoms with E-state index in [-0.39, 0.29) is 11.9 Å². The Morgan fingerprint density at radius 3 is 2.75 bits per heavy atom. The van der Waals surface area contributed by atoms with Gasteiger partial charge in [-0.1, -0.05) is 6.92 Å². The van der Waals surface area contributed by atoms with Gasteiger partial charge in [-0.2, -0.15) is 0 Å². The van der Waals surface area contributed by atoms with Crippen LogP contribution in [-0.4, -0.2) is 13.7 Å². The van der Waals surface area contributed by atoms with Crippen LogP contribution in [0.2, 0.25) is 0 Å². The van der Waals surface area contributed by atoms with Crippen molar-refractivity contribution < 1.29 is 13.5 Å². The Labute approximate surface area is 118 Å². The fraction of sp³-hybridized carbons (Fsp3) is 0.375. The molecule has 4 heteroatoms. The molecule has 0 spiro atoms. The van der Waals surface area contributed by atoms with E-state index < -0.39 is 0 Å². The number of halogens is 1. The minimum absolute atomic E-state index is 0.212. The van der Waals surface area contributed by atoms with Crippen LogP contribution in [-0.2, 0) is 0 Å². The lowest BCUT2D eigenvalue weighted by molar-refractivity contribution is 0.390. The van der Waals surface area contributed by atoms with E-state index in [1.165, 1.54) is 12.1 Å². The van der Waals surface area contributed by atoms with E-state index in [1.54, 1.807) is 19.4 Å². The third kappa shape index (κ3) is 3.02. The first-order valence-corrected chi connectivity index (χ1v) is 6.78. The predicted octanol–water partition coefficient (Wildman–Crippen LogP) is 3.82. The summed E-state index contributed by atoms with van der Waals surface area (Å²) in [6.45, 7) is 4.87. The number of rotatable bonds is 6. The van der Waals surface area contributed by atoms with Crippen molar-refractivity contribution in [3.05, 3.63) is 53.2 Å². The maximum atomic E-state index is 13.6. The normalized spacial score (nSPS) is 12.4. The molecule has 3 nitrogen and oxygen atoms in total. The summed E-state index contributed by atoms with van der Waals surface area (Å²) < 4.78 is 24.5. The number of hydrogen-bond acceptors (Lipinski definition) is 3. The number of methoxy groups -OCH3 is 1. The van der Waals surface area contributed by atoms with Gasteiger partial charge in [0.05, 0.1) is 19.4 Å². The van der Waals surface area contributed by atoms with Crippen LogP contribution in [0.3, 0.4) is 0 Å². The predicted molar refractivity (Wildman–Crippen MR) is 76.5 cm³/mol. The third-order valence-electron chi connectivity index (χ3n) is 3.27. The van der Waals surface area contributed by atoms with Crippen LogP contribution in [0.15, 0.2) is 34.9 Å². The molecule has 0 radical (unpaired) electrons. The minimum atomic E-state index is -0.284. The molecule has 0 aliphatic carbocycles. The lowest BCUT2D eigenvalue weighted by atomic mass is 10.0. The molecular formula is C16H20FNO2. The van der Waals surface area contributed by atoms with Crippen molar-refractivity contribution in [1.29, 1.82) is 0 Å². The molecule has 0 saturated heterocycles. The Bertz CT molecular complexity index is 565. The molecule has 108 valence electrons. The smallest absolute Gasteiger partial charge is 0.128 e. The van der Waals surface area contributed by atoms with Gasteiger partial charge in [0, 0.05) is 5.56 Å². The quantitative estimate of drug-likeness (QED) is 0.871. The van der Waals surface area contributed by atoms with Gasteiger partial charge in [0.15, 0.2) is 0 Å². The molecule has 1 aromatic heterocycles. The zero-order chi connectivity index (χ0) is 14.5. The van der Waals surface area contributed by atoms with Crippen molar-refractivity contribution in [2.45, 2.75) is 26.3 Å². The van der Waals surface area contributed by atoms with Gasteiger partial charge in [-0.3, -0.25) is 0 Å². The van der Waals surface area contributed by atoms with Crippen molar-refractivity contribution >= 4 is 0 Å². The first-order chi connectivity index (χ1) is 9.67. The Morgan fingerprint density at radius 2 is 2.15 bits per heavy atom. The number of furan rings is 1. The third-order valence-corrected chi connectivity index (χ3v) is 3.27. The van der Waals surface area contributed by atoms with Gasteiger partial charge in [-0.15, -0.1) is 0 Å². The monoisotopic (exact) mass is 277 g/mol. The maximum Gasteiger partial charge on any atom is 0.128 e. The van der Waals surface area contributed by atoms with Crippen molar-refractivity contribution in [2.75, 3.05) is 13.7 Å². The molecule has 20 heavy (non-hydrogen) atoms. The van der Waals surface area contributed by atoms with E-state index in [0.717, 1.165) is 29.9 Å². The molecule has 2 rings (SSSR count). The summed E-state index contributed by atoms with van der Waals surface area (Å²) in [5.41, 5.74) is 1.78. The van der Waals surface area contributed by atoms with Gasteiger partial charge in [0.2, 0.25) is 0 Å². The molecule has 1 unspecified atom stereocenters. The number of ether oxygens (including phenoxy) is 1. The standard InChI is InChI=1S/C16H20FNO2/c1-4-8-18-15(16-11(2)7-9-20-16)13-10-12(17)5-6-14(13)19-3/h5-7,9-10,15,18H,4,8H2,1-3H3. The Kier molecular flexibility index (Phi) is 4.79. The van der Waals surface area contributed by atoms with E-state index in [9.17, 15) is 4.39 Å². The van der Waals surface area contributed by atoms with E-state index >= 15 is 0 Å². The second-order valence-electron chi connectivity index (χ2n) is 4.74. The largest absolute Gasteiger partial charge is 0.496 e. The summed E-state index contributed by atoms with van der Waals surface area (Å²) in [7, 11) is 1.59. The Balaban J connectivity index is 2.46. The van der Waals surface area contributed by atoms with Gasteiger partial charge < -0.3 is 14.5 Å². The summed E-state index contributed by atoms with van der Waals surface area (Å²) in [5.74, 6) is 1.16. The summed E-state index contributed by atoms with van der Waals surface area (Å²) >= 11 is 0. The van der Waals surface area contributed by atoms with Crippen LogP contribution in [0.5, 0.6) is 5.75 Å². The number of hydrogen-bond donors (Lipinski definition) is 1. The summed E-state index contributed by atoms with van der Waals surface area (Å²) in [4.78, 5) is 0. The van der Waals surface area contributed by atoms with Crippen LogP contribution >= 0.6 is 0 Å². The van der Waals surface area contributed by atoms with Gasteiger partial charge in [-0.25, -0.2) is 4.39 Å². The molecule has 0 aliphatic heterocycles. The fourth-order valence-electron chi connectivity index (χ4n) is 2.24. The zero-order valence-corrected chi connectivity index (χ0v) is 12.1. The molecule has 1 aromatic carbocycles. The highest BCUT2D eigenvalue weighted by atomic mass is 19.1. The zero-order valence-electron chi connectivity index (χ0n) is 12.1. The molecule has 0 bridgehead atoms. The first-order valence-electron chi connectivity index (χ1n) is 6.78. The molecule has 2 aromatic rings. The van der Waals surface area contributed by atoms with E-state index in [2.05, 4.69) is 12.2 Å². The van der Waals surface area contributed by atoms with Gasteiger partial charge in [-0.05, 0) is 49.7 Å². The molecule has 0 fully saturated rings. The van der Waals surface area contributed by atoms with Crippen LogP contribution in [0.25, 0.3) is 0 Å². The molecular weight excluding hydrogens is 257 g/mol. The molecule has 0 aliphatic rings. The summed E-state index contributed by atoms with van der Waals surface area (Å²) in [6, 6.07) is 6.23. The van der Waals surface area contributed by atoms with E-state index in [0.29, 0.717) is 5.75 Å². The second-order valence-corrected chi connectivity index (χ2v) is 4.74. The first kappa shape index (κ1) is 14.6. The molecule has 0 amide bonds. The van der Waals surface area contributed by atoms with Crippen LogP contribution in [0.1, 0.15) is 36.3 Å². The lowest BCUT2D eigenvalue weighted by Crippen LogP contribution is -2.24. The average Bonchev–Trinajstić information content (AvgIpc) is 2.86. The molecule has 1 atom stereocenters. The van der Waals surface area contributed by atoms with Crippen molar-refractivity contribution in [1.82, 2.24) is 5.32 Å². The average molecular weight is 277 g/mol. The Hall–Kier alpha value is -1.81. The highest BCUT2D eigenvalue weighted by Crippen LogP contribution is 2.32. The highest BCUT2D eigenvalue weighted by molar-refractivity contribution is 5.41. The fourth-order valence-corrected chi connectivity index (χ4v) is 2.24. The number of benzene rings is 1. The van der Waals surface area contributed by atoms with Crippen LogP contribution in [0.4, 0.5) is 4.39 Å². The van der Waals surface area contributed by atoms with Crippen molar-refractivity contribution in [2.24, 2.45) is 0 Å². The molecule has 1 heterocycles. The van der Waals surface area contributed by atoms with Gasteiger partial charge >= 0.3 is 0 Å². The van der Waals surface area contributed by atoms with Crippen molar-refractivity contribution in [3.8, 4) is 5.75 Å². The second kappa shape index (κ2) is 6.57. The van der Waals surface area contributed by atoms with Crippen LogP contribution < -0.4 is 10.1 Å². The van der Waals surface area contributed by atoms with Crippen molar-refractivity contribution in [3.63, 3.8) is 0 Å². The van der Waals surface area contributed by atoms with Gasteiger partial charge in [0.25, 0.3) is 0 Å². The van der Waals surface area contributed by atoms with E-state index in [4.69, 9.17) is 9.15 Å². The minimum Gasteiger partial charge on any atom is -0.496 e. The summed E-state index contributed by atoms with van der Waals surface area (Å²) in [6.07, 6.45) is 2.63. The molecule has 1 N–H and O–H groups in total. The number of nitrogens with one attached hydrogen (secondary N) is 1. The SMILES string of the molecule is CCCNC(c1cc(F)ccc1OC)c1occc1C. The lowest BCUT2D eigenvalue weighted by Gasteiger charge is -2.20. The maximum absolute atomic E-state index is 13.6. The van der Waals surface area contributed by atoms with Gasteiger partial charge in [0.1, 0.15) is 17.3 Å². The van der Waals surface area contributed by atoms with Crippen LogP contribution in [0, 0.1) is 12.7 Å². The topological polar surface area (TPSA) is 34.4 Å².